The van der Waals surface area contributed by atoms with Crippen LogP contribution in [-0.4, -0.2) is 25.5 Å². The van der Waals surface area contributed by atoms with Crippen molar-refractivity contribution in [2.24, 2.45) is 0 Å². The van der Waals surface area contributed by atoms with Crippen LogP contribution in [0.3, 0.4) is 0 Å². The fraction of sp³-hybridized carbons (Fsp3) is 0.455. The van der Waals surface area contributed by atoms with Gasteiger partial charge < -0.3 is 5.32 Å². The third kappa shape index (κ3) is 5.31. The van der Waals surface area contributed by atoms with Gasteiger partial charge in [-0.1, -0.05) is 51.1 Å². The van der Waals surface area contributed by atoms with Crippen molar-refractivity contribution in [3.8, 4) is 0 Å². The maximum atomic E-state index is 12.1. The fourth-order valence-electron chi connectivity index (χ4n) is 3.35. The molecular formula is C22H30N2O2S2. The Morgan fingerprint density at radius 2 is 1.79 bits per heavy atom. The minimum absolute atomic E-state index is 0.168. The maximum Gasteiger partial charge on any atom is 0.235 e. The normalized spacial score (nSPS) is 17.6. The van der Waals surface area contributed by atoms with Gasteiger partial charge in [-0.15, -0.1) is 11.8 Å². The topological polar surface area (TPSA) is 49.4 Å². The average molecular weight is 419 g/mol. The van der Waals surface area contributed by atoms with Crippen LogP contribution in [0.2, 0.25) is 0 Å². The Morgan fingerprint density at radius 1 is 1.11 bits per heavy atom. The molecule has 2 aromatic rings. The molecule has 2 aromatic carbocycles. The summed E-state index contributed by atoms with van der Waals surface area (Å²) in [6, 6.07) is 16.6. The summed E-state index contributed by atoms with van der Waals surface area (Å²) in [5.41, 5.74) is 3.22. The zero-order valence-electron chi connectivity index (χ0n) is 17.1. The first kappa shape index (κ1) is 21.2. The van der Waals surface area contributed by atoms with Crippen molar-refractivity contribution < 1.29 is 8.42 Å². The molecule has 0 aromatic heterocycles. The number of sulfonamides is 1. The number of nitrogens with one attached hydrogen (secondary N) is 1. The molecule has 1 N–H and O–H groups in total. The molecule has 6 heteroatoms. The lowest BCUT2D eigenvalue weighted by atomic mass is 10.1. The van der Waals surface area contributed by atoms with E-state index in [1.807, 2.05) is 36.0 Å². The second-order valence-electron chi connectivity index (χ2n) is 8.26. The Bertz CT molecular complexity index is 903. The molecule has 0 bridgehead atoms. The van der Waals surface area contributed by atoms with Crippen LogP contribution in [0, 0.1) is 0 Å². The van der Waals surface area contributed by atoms with Crippen molar-refractivity contribution in [1.29, 1.82) is 0 Å². The van der Waals surface area contributed by atoms with Crippen LogP contribution in [-0.2, 0) is 16.6 Å². The number of benzene rings is 2. The number of nitrogens with zero attached hydrogens (tertiary/aromatic N) is 1. The van der Waals surface area contributed by atoms with Gasteiger partial charge in [-0.3, -0.25) is 4.31 Å². The number of hydrogen-bond donors (Lipinski definition) is 1. The highest BCUT2D eigenvalue weighted by Gasteiger charge is 2.28. The van der Waals surface area contributed by atoms with E-state index in [0.717, 1.165) is 17.8 Å². The summed E-state index contributed by atoms with van der Waals surface area (Å²) in [4.78, 5) is 1.31. The van der Waals surface area contributed by atoms with E-state index in [-0.39, 0.29) is 16.5 Å². The monoisotopic (exact) mass is 418 g/mol. The third-order valence-corrected chi connectivity index (χ3v) is 7.81. The summed E-state index contributed by atoms with van der Waals surface area (Å²) in [7, 11) is -3.12. The van der Waals surface area contributed by atoms with Gasteiger partial charge in [0.2, 0.25) is 10.0 Å². The molecule has 0 amide bonds. The van der Waals surface area contributed by atoms with Crippen molar-refractivity contribution in [3.05, 3.63) is 59.7 Å². The first-order valence-electron chi connectivity index (χ1n) is 9.76. The summed E-state index contributed by atoms with van der Waals surface area (Å²) in [5.74, 6) is 0.250. The lowest BCUT2D eigenvalue weighted by molar-refractivity contribution is 0.567. The molecule has 28 heavy (non-hydrogen) atoms. The van der Waals surface area contributed by atoms with Crippen molar-refractivity contribution >= 4 is 27.5 Å². The summed E-state index contributed by atoms with van der Waals surface area (Å²) in [6.07, 6.45) is 0.704. The molecule has 0 spiro atoms. The molecule has 1 aliphatic heterocycles. The number of thioether (sulfide) groups is 1. The molecule has 0 radical (unpaired) electrons. The van der Waals surface area contributed by atoms with Crippen molar-refractivity contribution in [1.82, 2.24) is 5.32 Å². The smallest absolute Gasteiger partial charge is 0.235 e. The first-order valence-corrected chi connectivity index (χ1v) is 12.2. The average Bonchev–Trinajstić information content (AvgIpc) is 2.98. The van der Waals surface area contributed by atoms with E-state index in [1.165, 1.54) is 14.8 Å². The second kappa shape index (κ2) is 8.47. The van der Waals surface area contributed by atoms with E-state index in [4.69, 9.17) is 0 Å². The minimum atomic E-state index is -3.12. The quantitative estimate of drug-likeness (QED) is 0.673. The molecule has 0 aliphatic carbocycles. The molecule has 1 heterocycles. The van der Waals surface area contributed by atoms with Gasteiger partial charge in [-0.05, 0) is 42.7 Å². The van der Waals surface area contributed by atoms with Gasteiger partial charge in [0.15, 0.2) is 0 Å². The van der Waals surface area contributed by atoms with Crippen LogP contribution in [0.5, 0.6) is 0 Å². The van der Waals surface area contributed by atoms with Crippen molar-refractivity contribution in [3.63, 3.8) is 0 Å². The van der Waals surface area contributed by atoms with Crippen LogP contribution in [0.4, 0.5) is 5.69 Å². The number of anilines is 1. The van der Waals surface area contributed by atoms with Crippen molar-refractivity contribution in [2.45, 2.75) is 56.3 Å². The second-order valence-corrected chi connectivity index (χ2v) is 12.1. The summed E-state index contributed by atoms with van der Waals surface area (Å²) in [5, 5.41) is 3.60. The molecule has 1 atom stereocenters. The zero-order chi connectivity index (χ0) is 20.4. The van der Waals surface area contributed by atoms with E-state index in [0.29, 0.717) is 13.0 Å². The summed E-state index contributed by atoms with van der Waals surface area (Å²) in [6.45, 7) is 10.2. The van der Waals surface area contributed by atoms with Gasteiger partial charge in [0.05, 0.1) is 11.4 Å². The molecule has 0 saturated carbocycles. The van der Waals surface area contributed by atoms with Crippen LogP contribution >= 0.6 is 11.8 Å². The fourth-order valence-corrected chi connectivity index (χ4v) is 6.09. The predicted octanol–water partition coefficient (Wildman–Crippen LogP) is 4.97. The molecule has 4 nitrogen and oxygen atoms in total. The Balaban J connectivity index is 1.65. The van der Waals surface area contributed by atoms with Crippen LogP contribution < -0.4 is 9.62 Å². The SMILES string of the molecule is CC(NCc1ccc(N2CCCS2(=O)=O)cc1)c1ccccc1SC(C)(C)C. The Kier molecular flexibility index (Phi) is 6.42. The first-order chi connectivity index (χ1) is 13.2. The van der Waals surface area contributed by atoms with Gasteiger partial charge in [-0.2, -0.15) is 0 Å². The van der Waals surface area contributed by atoms with Crippen molar-refractivity contribution in [2.75, 3.05) is 16.6 Å². The Labute approximate surface area is 173 Å². The van der Waals surface area contributed by atoms with Crippen LogP contribution in [0.25, 0.3) is 0 Å². The number of rotatable bonds is 6. The van der Waals surface area contributed by atoms with E-state index in [1.54, 1.807) is 0 Å². The predicted molar refractivity (Wildman–Crippen MR) is 119 cm³/mol. The molecule has 1 fully saturated rings. The van der Waals surface area contributed by atoms with Gasteiger partial charge >= 0.3 is 0 Å². The molecule has 3 rings (SSSR count). The van der Waals surface area contributed by atoms with Gasteiger partial charge in [0.25, 0.3) is 0 Å². The maximum absolute atomic E-state index is 12.1. The lowest BCUT2D eigenvalue weighted by Crippen LogP contribution is -2.25. The van der Waals surface area contributed by atoms with E-state index in [2.05, 4.69) is 57.3 Å². The molecule has 1 aliphatic rings. The standard InChI is InChI=1S/C22H30N2O2S2/c1-17(20-8-5-6-9-21(20)27-22(2,3)4)23-16-18-10-12-19(13-11-18)24-14-7-15-28(24,25)26/h5-6,8-13,17,23H,7,14-16H2,1-4H3. The highest BCUT2D eigenvalue weighted by atomic mass is 32.2. The largest absolute Gasteiger partial charge is 0.306 e. The highest BCUT2D eigenvalue weighted by Crippen LogP contribution is 2.36. The lowest BCUT2D eigenvalue weighted by Gasteiger charge is -2.23. The van der Waals surface area contributed by atoms with E-state index >= 15 is 0 Å². The zero-order valence-corrected chi connectivity index (χ0v) is 18.7. The Morgan fingerprint density at radius 3 is 2.39 bits per heavy atom. The molecule has 1 unspecified atom stereocenters. The van der Waals surface area contributed by atoms with Crippen LogP contribution in [0.1, 0.15) is 51.3 Å². The highest BCUT2D eigenvalue weighted by molar-refractivity contribution is 8.00. The Hall–Kier alpha value is -1.50. The number of hydrogen-bond acceptors (Lipinski definition) is 4. The molecular weight excluding hydrogens is 388 g/mol. The minimum Gasteiger partial charge on any atom is -0.306 e. The van der Waals surface area contributed by atoms with E-state index < -0.39 is 10.0 Å². The van der Waals surface area contributed by atoms with Gasteiger partial charge in [0.1, 0.15) is 0 Å². The van der Waals surface area contributed by atoms with Gasteiger partial charge in [-0.25, -0.2) is 8.42 Å². The summed E-state index contributed by atoms with van der Waals surface area (Å²) < 4.78 is 25.8. The molecule has 152 valence electrons. The van der Waals surface area contributed by atoms with Gasteiger partial charge in [0, 0.05) is 28.8 Å². The molecule has 1 saturated heterocycles. The van der Waals surface area contributed by atoms with E-state index in [9.17, 15) is 8.42 Å². The third-order valence-electron chi connectivity index (χ3n) is 4.74. The van der Waals surface area contributed by atoms with Crippen LogP contribution in [0.15, 0.2) is 53.4 Å². The summed E-state index contributed by atoms with van der Waals surface area (Å²) >= 11 is 1.89.